The van der Waals surface area contributed by atoms with Gasteiger partial charge in [0.1, 0.15) is 22.8 Å². The van der Waals surface area contributed by atoms with E-state index in [1.807, 2.05) is 0 Å². The summed E-state index contributed by atoms with van der Waals surface area (Å²) < 4.78 is 28.0. The zero-order valence-corrected chi connectivity index (χ0v) is 12.1. The Kier molecular flexibility index (Phi) is 5.32. The van der Waals surface area contributed by atoms with Crippen LogP contribution < -0.4 is 5.32 Å². The number of furan rings is 1. The fourth-order valence-electron chi connectivity index (χ4n) is 1.66. The maximum absolute atomic E-state index is 11.5. The number of amides is 1. The van der Waals surface area contributed by atoms with Gasteiger partial charge >= 0.3 is 5.97 Å². The van der Waals surface area contributed by atoms with E-state index in [9.17, 15) is 18.0 Å². The van der Waals surface area contributed by atoms with E-state index >= 15 is 0 Å². The molecule has 0 bridgehead atoms. The van der Waals surface area contributed by atoms with Crippen molar-refractivity contribution in [2.75, 3.05) is 11.5 Å². The zero-order valence-electron chi connectivity index (χ0n) is 11.3. The molecule has 1 amide bonds. The highest BCUT2D eigenvalue weighted by atomic mass is 32.2. The van der Waals surface area contributed by atoms with Crippen LogP contribution in [0.15, 0.2) is 10.5 Å². The summed E-state index contributed by atoms with van der Waals surface area (Å²) in [5, 5.41) is 11.2. The van der Waals surface area contributed by atoms with E-state index < -0.39 is 27.5 Å². The van der Waals surface area contributed by atoms with Crippen LogP contribution >= 0.6 is 0 Å². The van der Waals surface area contributed by atoms with Crippen molar-refractivity contribution >= 4 is 21.7 Å². The third kappa shape index (κ3) is 4.69. The lowest BCUT2D eigenvalue weighted by molar-refractivity contribution is -0.118. The van der Waals surface area contributed by atoms with E-state index in [1.54, 1.807) is 6.92 Å². The van der Waals surface area contributed by atoms with Gasteiger partial charge < -0.3 is 14.8 Å². The Morgan fingerprint density at radius 3 is 2.55 bits per heavy atom. The van der Waals surface area contributed by atoms with Crippen LogP contribution in [-0.2, 0) is 21.2 Å². The molecule has 20 heavy (non-hydrogen) atoms. The van der Waals surface area contributed by atoms with Gasteiger partial charge in [0.2, 0.25) is 5.91 Å². The number of aryl methyl sites for hydroxylation is 1. The summed E-state index contributed by atoms with van der Waals surface area (Å²) in [5.41, 5.74) is 0.0212. The van der Waals surface area contributed by atoms with Gasteiger partial charge in [-0.2, -0.15) is 0 Å². The van der Waals surface area contributed by atoms with Crippen LogP contribution in [0.5, 0.6) is 0 Å². The Morgan fingerprint density at radius 1 is 1.40 bits per heavy atom. The van der Waals surface area contributed by atoms with Gasteiger partial charge in [-0.3, -0.25) is 4.79 Å². The Morgan fingerprint density at radius 2 is 2.05 bits per heavy atom. The first kappa shape index (κ1) is 16.2. The van der Waals surface area contributed by atoms with Crippen molar-refractivity contribution in [3.8, 4) is 0 Å². The van der Waals surface area contributed by atoms with E-state index in [-0.39, 0.29) is 29.4 Å². The number of hydrogen-bond donors (Lipinski definition) is 2. The number of sulfone groups is 1. The van der Waals surface area contributed by atoms with Gasteiger partial charge in [0.15, 0.2) is 9.84 Å². The minimum Gasteiger partial charge on any atom is -0.478 e. The van der Waals surface area contributed by atoms with Crippen molar-refractivity contribution in [1.29, 1.82) is 0 Å². The Bertz CT molecular complexity index is 601. The zero-order chi connectivity index (χ0) is 15.3. The van der Waals surface area contributed by atoms with Crippen LogP contribution in [0, 0.1) is 6.92 Å². The average molecular weight is 303 g/mol. The van der Waals surface area contributed by atoms with Gasteiger partial charge in [-0.15, -0.1) is 0 Å². The molecule has 0 saturated heterocycles. The van der Waals surface area contributed by atoms with E-state index in [1.165, 1.54) is 13.0 Å². The molecule has 1 aromatic heterocycles. The Balaban J connectivity index is 2.57. The minimum absolute atomic E-state index is 0.0212. The SMILES string of the molecule is CCCS(=O)(=O)CC(=O)NCc1cc(C(=O)O)c(C)o1. The van der Waals surface area contributed by atoms with Crippen LogP contribution in [0.2, 0.25) is 0 Å². The molecule has 8 heteroatoms. The maximum Gasteiger partial charge on any atom is 0.339 e. The highest BCUT2D eigenvalue weighted by Crippen LogP contribution is 2.14. The molecule has 1 rings (SSSR count). The van der Waals surface area contributed by atoms with Crippen molar-refractivity contribution < 1.29 is 27.5 Å². The largest absolute Gasteiger partial charge is 0.478 e. The third-order valence-corrected chi connectivity index (χ3v) is 4.26. The molecule has 1 aromatic rings. The highest BCUT2D eigenvalue weighted by molar-refractivity contribution is 7.92. The van der Waals surface area contributed by atoms with Gasteiger partial charge in [-0.25, -0.2) is 13.2 Å². The first-order chi connectivity index (χ1) is 9.25. The van der Waals surface area contributed by atoms with Crippen molar-refractivity contribution in [2.45, 2.75) is 26.8 Å². The lowest BCUT2D eigenvalue weighted by Gasteiger charge is -2.04. The second-order valence-electron chi connectivity index (χ2n) is 4.36. The number of carboxylic acid groups (broad SMARTS) is 1. The number of nitrogens with one attached hydrogen (secondary N) is 1. The molecule has 0 aliphatic heterocycles. The number of hydrogen-bond acceptors (Lipinski definition) is 5. The normalized spacial score (nSPS) is 11.3. The van der Waals surface area contributed by atoms with Crippen molar-refractivity contribution in [3.63, 3.8) is 0 Å². The molecule has 0 aromatic carbocycles. The molecule has 0 spiro atoms. The van der Waals surface area contributed by atoms with Crippen LogP contribution in [0.4, 0.5) is 0 Å². The lowest BCUT2D eigenvalue weighted by atomic mass is 10.2. The monoisotopic (exact) mass is 303 g/mol. The van der Waals surface area contributed by atoms with Gasteiger partial charge in [0, 0.05) is 0 Å². The van der Waals surface area contributed by atoms with E-state index in [2.05, 4.69) is 5.32 Å². The summed E-state index contributed by atoms with van der Waals surface area (Å²) in [7, 11) is -3.39. The van der Waals surface area contributed by atoms with Gasteiger partial charge in [0.25, 0.3) is 0 Å². The number of rotatable bonds is 7. The average Bonchev–Trinajstić information content (AvgIpc) is 2.67. The second-order valence-corrected chi connectivity index (χ2v) is 6.54. The number of carbonyl (C=O) groups excluding carboxylic acids is 1. The lowest BCUT2D eigenvalue weighted by Crippen LogP contribution is -2.30. The Hall–Kier alpha value is -1.83. The first-order valence-corrected chi connectivity index (χ1v) is 7.87. The summed E-state index contributed by atoms with van der Waals surface area (Å²) in [5.74, 6) is -1.87. The third-order valence-electron chi connectivity index (χ3n) is 2.53. The van der Waals surface area contributed by atoms with Crippen molar-refractivity contribution in [3.05, 3.63) is 23.2 Å². The minimum atomic E-state index is -3.39. The van der Waals surface area contributed by atoms with E-state index in [0.29, 0.717) is 6.42 Å². The van der Waals surface area contributed by atoms with Crippen molar-refractivity contribution in [1.82, 2.24) is 5.32 Å². The summed E-state index contributed by atoms with van der Waals surface area (Å²) in [6.45, 7) is 3.17. The van der Waals surface area contributed by atoms with Crippen LogP contribution in [0.25, 0.3) is 0 Å². The molecule has 112 valence electrons. The molecular formula is C12H17NO6S. The molecular weight excluding hydrogens is 286 g/mol. The maximum atomic E-state index is 11.5. The fourth-order valence-corrected chi connectivity index (χ4v) is 2.93. The van der Waals surface area contributed by atoms with E-state index in [0.717, 1.165) is 0 Å². The Labute approximate surface area is 116 Å². The molecule has 0 fully saturated rings. The van der Waals surface area contributed by atoms with Crippen molar-refractivity contribution in [2.24, 2.45) is 0 Å². The topological polar surface area (TPSA) is 114 Å². The molecule has 2 N–H and O–H groups in total. The van der Waals surface area contributed by atoms with Gasteiger partial charge in [-0.1, -0.05) is 6.92 Å². The van der Waals surface area contributed by atoms with Crippen LogP contribution in [0.3, 0.4) is 0 Å². The van der Waals surface area contributed by atoms with Gasteiger partial charge in [0.05, 0.1) is 12.3 Å². The van der Waals surface area contributed by atoms with Crippen LogP contribution in [0.1, 0.15) is 35.2 Å². The molecule has 1 heterocycles. The number of carboxylic acids is 1. The summed E-state index contributed by atoms with van der Waals surface area (Å²) in [6.07, 6.45) is 0.453. The van der Waals surface area contributed by atoms with Crippen LogP contribution in [-0.4, -0.2) is 36.9 Å². The smallest absolute Gasteiger partial charge is 0.339 e. The molecule has 0 aliphatic carbocycles. The van der Waals surface area contributed by atoms with E-state index in [4.69, 9.17) is 9.52 Å². The first-order valence-electron chi connectivity index (χ1n) is 6.05. The molecule has 0 radical (unpaired) electrons. The predicted molar refractivity (Wildman–Crippen MR) is 71.2 cm³/mol. The molecule has 0 atom stereocenters. The summed E-state index contributed by atoms with van der Waals surface area (Å²) >= 11 is 0. The molecule has 0 unspecified atom stereocenters. The molecule has 0 saturated carbocycles. The quantitative estimate of drug-likeness (QED) is 0.767. The second kappa shape index (κ2) is 6.56. The number of carbonyl (C=O) groups is 2. The molecule has 0 aliphatic rings. The number of aromatic carboxylic acids is 1. The molecule has 7 nitrogen and oxygen atoms in total. The predicted octanol–water partition coefficient (Wildman–Crippen LogP) is 0.727. The van der Waals surface area contributed by atoms with Gasteiger partial charge in [-0.05, 0) is 19.4 Å². The standard InChI is InChI=1S/C12H17NO6S/c1-3-4-20(17,18)7-11(14)13-6-9-5-10(12(15)16)8(2)19-9/h5H,3-4,6-7H2,1-2H3,(H,13,14)(H,15,16). The fraction of sp³-hybridized carbons (Fsp3) is 0.500. The summed E-state index contributed by atoms with van der Waals surface area (Å²) in [4.78, 5) is 22.3. The summed E-state index contributed by atoms with van der Waals surface area (Å²) in [6, 6.07) is 1.30. The highest BCUT2D eigenvalue weighted by Gasteiger charge is 2.17.